The molecule has 1 atom stereocenters. The van der Waals surface area contributed by atoms with Gasteiger partial charge >= 0.3 is 0 Å². The second-order valence-electron chi connectivity index (χ2n) is 6.28. The van der Waals surface area contributed by atoms with Crippen molar-refractivity contribution < 1.29 is 0 Å². The topological polar surface area (TPSA) is 42.7 Å². The zero-order valence-corrected chi connectivity index (χ0v) is 12.3. The lowest BCUT2D eigenvalue weighted by atomic mass is 9.82. The average molecular weight is 282 g/mol. The Labute approximate surface area is 125 Å². The quantitative estimate of drug-likeness (QED) is 0.909. The summed E-state index contributed by atoms with van der Waals surface area (Å²) >= 11 is 0. The van der Waals surface area contributed by atoms with Crippen LogP contribution in [0.2, 0.25) is 0 Å². The normalized spacial score (nSPS) is 22.6. The number of fused-ring (bicyclic) bond motifs is 1. The molecule has 1 unspecified atom stereocenters. The molecule has 4 rings (SSSR count). The highest BCUT2D eigenvalue weighted by Gasteiger charge is 2.30. The third-order valence-corrected chi connectivity index (χ3v) is 4.97. The van der Waals surface area contributed by atoms with Crippen molar-refractivity contribution in [3.05, 3.63) is 30.6 Å². The van der Waals surface area contributed by atoms with Crippen molar-refractivity contribution in [3.63, 3.8) is 0 Å². The first kappa shape index (κ1) is 12.9. The summed E-state index contributed by atoms with van der Waals surface area (Å²) in [4.78, 5) is 4.09. The molecule has 2 aromatic rings. The maximum absolute atomic E-state index is 4.90. The molecule has 1 N–H and O–H groups in total. The van der Waals surface area contributed by atoms with Crippen molar-refractivity contribution in [1.82, 2.24) is 14.8 Å². The van der Waals surface area contributed by atoms with Gasteiger partial charge in [0, 0.05) is 30.6 Å². The molecule has 1 fully saturated rings. The van der Waals surface area contributed by atoms with Gasteiger partial charge in [-0.05, 0) is 37.3 Å². The van der Waals surface area contributed by atoms with Gasteiger partial charge in [-0.3, -0.25) is 4.98 Å². The third-order valence-electron chi connectivity index (χ3n) is 4.97. The molecule has 1 aliphatic carbocycles. The molecular weight excluding hydrogens is 260 g/mol. The maximum Gasteiger partial charge on any atom is 0.125 e. The summed E-state index contributed by atoms with van der Waals surface area (Å²) in [6, 6.07) is 6.83. The van der Waals surface area contributed by atoms with E-state index in [1.165, 1.54) is 44.3 Å². The number of rotatable bonds is 2. The van der Waals surface area contributed by atoms with Crippen LogP contribution in [0.25, 0.3) is 11.3 Å². The number of hydrogen-bond donors (Lipinski definition) is 1. The number of pyridine rings is 1. The van der Waals surface area contributed by atoms with Gasteiger partial charge in [-0.15, -0.1) is 0 Å². The highest BCUT2D eigenvalue weighted by Crippen LogP contribution is 2.39. The molecule has 2 aromatic heterocycles. The van der Waals surface area contributed by atoms with Gasteiger partial charge in [0.05, 0.1) is 11.7 Å². The first-order valence-corrected chi connectivity index (χ1v) is 8.15. The molecule has 2 aliphatic rings. The molecule has 3 heterocycles. The number of nitrogens with zero attached hydrogens (tertiary/aromatic N) is 3. The second kappa shape index (κ2) is 5.51. The average Bonchev–Trinajstić information content (AvgIpc) is 3.00. The van der Waals surface area contributed by atoms with Gasteiger partial charge < -0.3 is 5.32 Å². The van der Waals surface area contributed by atoms with E-state index in [4.69, 9.17) is 5.10 Å². The standard InChI is InChI=1S/C17H22N4/c1-2-4-14(5-3-1)16-8-11-19-17-12-15(20-21(16)17)13-6-9-18-10-7-13/h6-7,9-10,12,14,16,19H,1-5,8,11H2. The molecule has 0 spiro atoms. The highest BCUT2D eigenvalue weighted by atomic mass is 15.4. The Balaban J connectivity index is 1.66. The van der Waals surface area contributed by atoms with Crippen LogP contribution >= 0.6 is 0 Å². The number of hydrogen-bond acceptors (Lipinski definition) is 3. The molecule has 4 nitrogen and oxygen atoms in total. The van der Waals surface area contributed by atoms with E-state index in [0.717, 1.165) is 23.7 Å². The molecule has 110 valence electrons. The highest BCUT2D eigenvalue weighted by molar-refractivity contribution is 5.62. The Bertz CT molecular complexity index is 599. The fourth-order valence-corrected chi connectivity index (χ4v) is 3.87. The van der Waals surface area contributed by atoms with Gasteiger partial charge in [0.2, 0.25) is 0 Å². The predicted octanol–water partition coefficient (Wildman–Crippen LogP) is 3.88. The van der Waals surface area contributed by atoms with Crippen LogP contribution in [0.15, 0.2) is 30.6 Å². The van der Waals surface area contributed by atoms with Crippen molar-refractivity contribution in [2.75, 3.05) is 11.9 Å². The molecule has 4 heteroatoms. The van der Waals surface area contributed by atoms with E-state index in [9.17, 15) is 0 Å². The van der Waals surface area contributed by atoms with Crippen LogP contribution in [0.5, 0.6) is 0 Å². The lowest BCUT2D eigenvalue weighted by Crippen LogP contribution is -2.30. The van der Waals surface area contributed by atoms with Crippen molar-refractivity contribution in [2.24, 2.45) is 5.92 Å². The van der Waals surface area contributed by atoms with Crippen LogP contribution in [0.3, 0.4) is 0 Å². The Morgan fingerprint density at radius 3 is 2.67 bits per heavy atom. The Kier molecular flexibility index (Phi) is 3.37. The Morgan fingerprint density at radius 1 is 1.05 bits per heavy atom. The zero-order chi connectivity index (χ0) is 14.1. The zero-order valence-electron chi connectivity index (χ0n) is 12.3. The van der Waals surface area contributed by atoms with E-state index < -0.39 is 0 Å². The van der Waals surface area contributed by atoms with E-state index >= 15 is 0 Å². The summed E-state index contributed by atoms with van der Waals surface area (Å²) in [5, 5.41) is 8.41. The number of nitrogens with one attached hydrogen (secondary N) is 1. The van der Waals surface area contributed by atoms with E-state index in [1.807, 2.05) is 24.5 Å². The van der Waals surface area contributed by atoms with Gasteiger partial charge in [0.1, 0.15) is 5.82 Å². The van der Waals surface area contributed by atoms with Crippen LogP contribution in [0.4, 0.5) is 5.82 Å². The summed E-state index contributed by atoms with van der Waals surface area (Å²) in [6.07, 6.45) is 11.8. The van der Waals surface area contributed by atoms with Crippen LogP contribution in [0, 0.1) is 5.92 Å². The van der Waals surface area contributed by atoms with E-state index in [0.29, 0.717) is 6.04 Å². The summed E-state index contributed by atoms with van der Waals surface area (Å²) in [5.74, 6) is 1.99. The smallest absolute Gasteiger partial charge is 0.125 e. The first-order valence-electron chi connectivity index (χ1n) is 8.15. The SMILES string of the molecule is c1cc(-c2cc3n(n2)C(C2CCCCC2)CCN3)ccn1. The van der Waals surface area contributed by atoms with E-state index in [-0.39, 0.29) is 0 Å². The Hall–Kier alpha value is -1.84. The lowest BCUT2D eigenvalue weighted by molar-refractivity contribution is 0.223. The summed E-state index contributed by atoms with van der Waals surface area (Å²) in [5.41, 5.74) is 2.21. The minimum Gasteiger partial charge on any atom is -0.370 e. The van der Waals surface area contributed by atoms with Crippen molar-refractivity contribution in [3.8, 4) is 11.3 Å². The monoisotopic (exact) mass is 282 g/mol. The van der Waals surface area contributed by atoms with Gasteiger partial charge in [-0.2, -0.15) is 5.10 Å². The minimum absolute atomic E-state index is 0.581. The summed E-state index contributed by atoms with van der Waals surface area (Å²) in [7, 11) is 0. The molecule has 0 bridgehead atoms. The number of aromatic nitrogens is 3. The van der Waals surface area contributed by atoms with Gasteiger partial charge in [0.15, 0.2) is 0 Å². The van der Waals surface area contributed by atoms with Crippen molar-refractivity contribution in [2.45, 2.75) is 44.6 Å². The third kappa shape index (κ3) is 2.43. The van der Waals surface area contributed by atoms with Gasteiger partial charge in [0.25, 0.3) is 0 Å². The van der Waals surface area contributed by atoms with E-state index in [1.54, 1.807) is 0 Å². The predicted molar refractivity (Wildman–Crippen MR) is 84.2 cm³/mol. The van der Waals surface area contributed by atoms with Gasteiger partial charge in [-0.1, -0.05) is 19.3 Å². The molecule has 0 radical (unpaired) electrons. The molecule has 1 saturated carbocycles. The minimum atomic E-state index is 0.581. The second-order valence-corrected chi connectivity index (χ2v) is 6.28. The molecule has 1 aliphatic heterocycles. The lowest BCUT2D eigenvalue weighted by Gasteiger charge is -2.34. The molecule has 0 aromatic carbocycles. The molecule has 21 heavy (non-hydrogen) atoms. The fraction of sp³-hybridized carbons (Fsp3) is 0.529. The molecule has 0 amide bonds. The summed E-state index contributed by atoms with van der Waals surface area (Å²) in [6.45, 7) is 1.07. The summed E-state index contributed by atoms with van der Waals surface area (Å²) < 4.78 is 2.26. The first-order chi connectivity index (χ1) is 10.4. The molecular formula is C17H22N4. The van der Waals surface area contributed by atoms with Crippen molar-refractivity contribution >= 4 is 5.82 Å². The number of anilines is 1. The Morgan fingerprint density at radius 2 is 1.86 bits per heavy atom. The van der Waals surface area contributed by atoms with Crippen molar-refractivity contribution in [1.29, 1.82) is 0 Å². The fourth-order valence-electron chi connectivity index (χ4n) is 3.87. The van der Waals surface area contributed by atoms with Crippen LogP contribution in [0.1, 0.15) is 44.6 Å². The van der Waals surface area contributed by atoms with Gasteiger partial charge in [-0.25, -0.2) is 4.68 Å². The van der Waals surface area contributed by atoms with Crippen LogP contribution < -0.4 is 5.32 Å². The molecule has 0 saturated heterocycles. The van der Waals surface area contributed by atoms with E-state index in [2.05, 4.69) is 21.0 Å². The van der Waals surface area contributed by atoms with Crippen LogP contribution in [-0.2, 0) is 0 Å². The largest absolute Gasteiger partial charge is 0.370 e. The maximum atomic E-state index is 4.90. The van der Waals surface area contributed by atoms with Crippen LogP contribution in [-0.4, -0.2) is 21.3 Å².